The smallest absolute Gasteiger partial charge is 0.318 e. The van der Waals surface area contributed by atoms with Crippen molar-refractivity contribution in [2.45, 2.75) is 20.0 Å². The minimum absolute atomic E-state index is 0.128. The molecule has 0 spiro atoms. The van der Waals surface area contributed by atoms with Crippen molar-refractivity contribution in [2.75, 3.05) is 24.3 Å². The molecule has 128 valence electrons. The van der Waals surface area contributed by atoms with E-state index in [1.165, 1.54) is 11.3 Å². The number of hydrogen-bond acceptors (Lipinski definition) is 5. The van der Waals surface area contributed by atoms with E-state index in [1.807, 2.05) is 13.8 Å². The van der Waals surface area contributed by atoms with Crippen LogP contribution in [0.1, 0.15) is 35.4 Å². The molecule has 7 nitrogen and oxygen atoms in total. The molecule has 0 aliphatic rings. The van der Waals surface area contributed by atoms with Crippen LogP contribution in [0.4, 0.5) is 16.2 Å². The van der Waals surface area contributed by atoms with E-state index in [0.29, 0.717) is 23.7 Å². The topological polar surface area (TPSA) is 92.3 Å². The summed E-state index contributed by atoms with van der Waals surface area (Å²) in [4.78, 5) is 27.8. The number of hydrogen-bond donors (Lipinski definition) is 3. The van der Waals surface area contributed by atoms with Crippen LogP contribution in [0, 0.1) is 0 Å². The van der Waals surface area contributed by atoms with Crippen LogP contribution in [-0.4, -0.2) is 30.6 Å². The molecule has 3 amide bonds. The van der Waals surface area contributed by atoms with Gasteiger partial charge in [0.05, 0.1) is 0 Å². The van der Waals surface area contributed by atoms with Crippen molar-refractivity contribution in [1.82, 2.24) is 10.3 Å². The highest BCUT2D eigenvalue weighted by Gasteiger charge is 2.15. The molecule has 0 aliphatic heterocycles. The van der Waals surface area contributed by atoms with Crippen molar-refractivity contribution in [2.24, 2.45) is 0 Å². The zero-order valence-electron chi connectivity index (χ0n) is 13.8. The lowest BCUT2D eigenvalue weighted by atomic mass is 10.2. The standard InChI is InChI=1S/C16H20N4O3S/c1-4-23-10(2)15-20-13(9-24-15)14(21)18-11-5-7-12(8-6-11)19-16(22)17-3/h5-10H,4H2,1-3H3,(H,18,21)(H2,17,19,22). The van der Waals surface area contributed by atoms with Crippen LogP contribution in [0.2, 0.25) is 0 Å². The molecule has 0 saturated carbocycles. The number of aromatic nitrogens is 1. The Morgan fingerprint density at radius 1 is 1.21 bits per heavy atom. The van der Waals surface area contributed by atoms with Gasteiger partial charge in [0.15, 0.2) is 0 Å². The molecule has 3 N–H and O–H groups in total. The Morgan fingerprint density at radius 2 is 1.83 bits per heavy atom. The zero-order valence-corrected chi connectivity index (χ0v) is 14.6. The highest BCUT2D eigenvalue weighted by molar-refractivity contribution is 7.09. The summed E-state index contributed by atoms with van der Waals surface area (Å²) in [5.74, 6) is -0.284. The van der Waals surface area contributed by atoms with Gasteiger partial charge in [0, 0.05) is 30.4 Å². The minimum Gasteiger partial charge on any atom is -0.372 e. The Morgan fingerprint density at radius 3 is 2.42 bits per heavy atom. The maximum atomic E-state index is 12.2. The summed E-state index contributed by atoms with van der Waals surface area (Å²) in [6, 6.07) is 6.52. The fraction of sp³-hybridized carbons (Fsp3) is 0.312. The Balaban J connectivity index is 1.98. The Hall–Kier alpha value is -2.45. The predicted octanol–water partition coefficient (Wildman–Crippen LogP) is 3.24. The number of ether oxygens (including phenoxy) is 1. The van der Waals surface area contributed by atoms with Crippen molar-refractivity contribution in [1.29, 1.82) is 0 Å². The minimum atomic E-state index is -0.301. The Labute approximate surface area is 144 Å². The lowest BCUT2D eigenvalue weighted by Crippen LogP contribution is -2.24. The van der Waals surface area contributed by atoms with E-state index in [-0.39, 0.29) is 18.0 Å². The van der Waals surface area contributed by atoms with Gasteiger partial charge in [-0.25, -0.2) is 9.78 Å². The van der Waals surface area contributed by atoms with Gasteiger partial charge >= 0.3 is 6.03 Å². The summed E-state index contributed by atoms with van der Waals surface area (Å²) in [5, 5.41) is 10.4. The third kappa shape index (κ3) is 4.77. The van der Waals surface area contributed by atoms with Gasteiger partial charge in [-0.05, 0) is 38.1 Å². The first-order chi connectivity index (χ1) is 11.5. The van der Waals surface area contributed by atoms with Crippen molar-refractivity contribution in [3.05, 3.63) is 40.3 Å². The number of anilines is 2. The maximum Gasteiger partial charge on any atom is 0.318 e. The Bertz CT molecular complexity index is 700. The van der Waals surface area contributed by atoms with Crippen molar-refractivity contribution in [3.8, 4) is 0 Å². The monoisotopic (exact) mass is 348 g/mol. The summed E-state index contributed by atoms with van der Waals surface area (Å²) in [5.41, 5.74) is 1.61. The van der Waals surface area contributed by atoms with Gasteiger partial charge in [-0.3, -0.25) is 4.79 Å². The van der Waals surface area contributed by atoms with Crippen LogP contribution in [0.15, 0.2) is 29.6 Å². The van der Waals surface area contributed by atoms with Crippen LogP contribution < -0.4 is 16.0 Å². The molecule has 1 heterocycles. The van der Waals surface area contributed by atoms with Gasteiger partial charge < -0.3 is 20.7 Å². The number of amides is 3. The largest absolute Gasteiger partial charge is 0.372 e. The highest BCUT2D eigenvalue weighted by Crippen LogP contribution is 2.22. The molecule has 0 fully saturated rings. The molecule has 0 bridgehead atoms. The number of urea groups is 1. The number of rotatable bonds is 6. The molecule has 1 unspecified atom stereocenters. The molecule has 0 radical (unpaired) electrons. The van der Waals surface area contributed by atoms with Gasteiger partial charge in [0.2, 0.25) is 0 Å². The maximum absolute atomic E-state index is 12.2. The van der Waals surface area contributed by atoms with E-state index in [9.17, 15) is 9.59 Å². The first-order valence-electron chi connectivity index (χ1n) is 7.50. The number of carbonyl (C=O) groups is 2. The molecule has 1 aromatic heterocycles. The average molecular weight is 348 g/mol. The van der Waals surface area contributed by atoms with Crippen molar-refractivity contribution in [3.63, 3.8) is 0 Å². The molecule has 1 atom stereocenters. The van der Waals surface area contributed by atoms with Gasteiger partial charge in [-0.2, -0.15) is 0 Å². The van der Waals surface area contributed by atoms with Crippen LogP contribution in [0.3, 0.4) is 0 Å². The van der Waals surface area contributed by atoms with Crippen LogP contribution in [0.25, 0.3) is 0 Å². The van der Waals surface area contributed by atoms with Crippen LogP contribution in [0.5, 0.6) is 0 Å². The molecule has 2 rings (SSSR count). The SMILES string of the molecule is CCOC(C)c1nc(C(=O)Nc2ccc(NC(=O)NC)cc2)cs1. The second-order valence-electron chi connectivity index (χ2n) is 4.90. The fourth-order valence-corrected chi connectivity index (χ4v) is 2.73. The van der Waals surface area contributed by atoms with Gasteiger partial charge in [-0.1, -0.05) is 0 Å². The van der Waals surface area contributed by atoms with E-state index in [2.05, 4.69) is 20.9 Å². The number of nitrogens with one attached hydrogen (secondary N) is 3. The molecule has 8 heteroatoms. The number of carbonyl (C=O) groups excluding carboxylic acids is 2. The van der Waals surface area contributed by atoms with Crippen LogP contribution in [-0.2, 0) is 4.74 Å². The Kier molecular flexibility index (Phi) is 6.28. The van der Waals surface area contributed by atoms with Crippen LogP contribution >= 0.6 is 11.3 Å². The lowest BCUT2D eigenvalue weighted by molar-refractivity contribution is 0.0760. The summed E-state index contributed by atoms with van der Waals surface area (Å²) in [6.45, 7) is 4.42. The number of benzene rings is 1. The summed E-state index contributed by atoms with van der Waals surface area (Å²) in [6.07, 6.45) is -0.128. The molecule has 1 aromatic carbocycles. The molecule has 24 heavy (non-hydrogen) atoms. The summed E-state index contributed by atoms with van der Waals surface area (Å²) < 4.78 is 5.47. The normalized spacial score (nSPS) is 11.6. The second-order valence-corrected chi connectivity index (χ2v) is 5.79. The van der Waals surface area contributed by atoms with Crippen molar-refractivity contribution >= 4 is 34.6 Å². The quantitative estimate of drug-likeness (QED) is 0.747. The van der Waals surface area contributed by atoms with Gasteiger partial charge in [-0.15, -0.1) is 11.3 Å². The van der Waals surface area contributed by atoms with E-state index in [1.54, 1.807) is 36.7 Å². The average Bonchev–Trinajstić information content (AvgIpc) is 3.07. The van der Waals surface area contributed by atoms with Gasteiger partial charge in [0.25, 0.3) is 5.91 Å². The van der Waals surface area contributed by atoms with Gasteiger partial charge in [0.1, 0.15) is 16.8 Å². The highest BCUT2D eigenvalue weighted by atomic mass is 32.1. The zero-order chi connectivity index (χ0) is 17.5. The molecule has 0 aliphatic carbocycles. The summed E-state index contributed by atoms with van der Waals surface area (Å²) in [7, 11) is 1.54. The first-order valence-corrected chi connectivity index (χ1v) is 8.38. The van der Waals surface area contributed by atoms with Crippen molar-refractivity contribution < 1.29 is 14.3 Å². The third-order valence-electron chi connectivity index (χ3n) is 3.15. The fourth-order valence-electron chi connectivity index (χ4n) is 1.93. The summed E-state index contributed by atoms with van der Waals surface area (Å²) >= 11 is 1.40. The molecular weight excluding hydrogens is 328 g/mol. The molecule has 2 aromatic rings. The van der Waals surface area contributed by atoms with E-state index in [0.717, 1.165) is 5.01 Å². The predicted molar refractivity (Wildman–Crippen MR) is 94.6 cm³/mol. The molecular formula is C16H20N4O3S. The number of nitrogens with zero attached hydrogens (tertiary/aromatic N) is 1. The third-order valence-corrected chi connectivity index (χ3v) is 4.15. The first kappa shape index (κ1) is 17.9. The van der Waals surface area contributed by atoms with E-state index < -0.39 is 0 Å². The van der Waals surface area contributed by atoms with E-state index >= 15 is 0 Å². The lowest BCUT2D eigenvalue weighted by Gasteiger charge is -2.07. The second kappa shape index (κ2) is 8.42. The molecule has 0 saturated heterocycles. The number of thiazole rings is 1. The van der Waals surface area contributed by atoms with E-state index in [4.69, 9.17) is 4.74 Å².